The molecular weight excluding hydrogens is 284 g/mol. The van der Waals surface area contributed by atoms with Crippen LogP contribution in [-0.2, 0) is 0 Å². The number of aryl methyl sites for hydroxylation is 1. The topological polar surface area (TPSA) is 41.1 Å². The molecule has 0 aromatic carbocycles. The van der Waals surface area contributed by atoms with Gasteiger partial charge in [0.2, 0.25) is 0 Å². The predicted octanol–water partition coefficient (Wildman–Crippen LogP) is 3.52. The standard InChI is InChI=1S/C16H19ClN4/c1-12-5-9-19-16(17)15(12)20-13-6-10-21(11-7-13)14-4-2-3-8-18-14/h2-5,8-9,13,20H,6-7,10-11H2,1H3. The molecule has 0 saturated carbocycles. The average molecular weight is 303 g/mol. The molecule has 2 aromatic heterocycles. The Bertz CT molecular complexity index is 574. The predicted molar refractivity (Wildman–Crippen MR) is 87.1 cm³/mol. The lowest BCUT2D eigenvalue weighted by atomic mass is 10.0. The third-order valence-corrected chi connectivity index (χ3v) is 4.22. The Hall–Kier alpha value is -1.81. The lowest BCUT2D eigenvalue weighted by Crippen LogP contribution is -2.39. The number of hydrogen-bond acceptors (Lipinski definition) is 4. The van der Waals surface area contributed by atoms with Gasteiger partial charge in [0.15, 0.2) is 5.15 Å². The fourth-order valence-electron chi connectivity index (χ4n) is 2.70. The van der Waals surface area contributed by atoms with Gasteiger partial charge in [-0.05, 0) is 43.5 Å². The molecule has 0 atom stereocenters. The lowest BCUT2D eigenvalue weighted by Gasteiger charge is -2.33. The molecule has 0 aliphatic carbocycles. The second-order valence-corrected chi connectivity index (χ2v) is 5.75. The molecule has 3 rings (SSSR count). The van der Waals surface area contributed by atoms with Crippen LogP contribution in [0.5, 0.6) is 0 Å². The Balaban J connectivity index is 1.62. The second kappa shape index (κ2) is 6.31. The van der Waals surface area contributed by atoms with Gasteiger partial charge in [-0.2, -0.15) is 0 Å². The monoisotopic (exact) mass is 302 g/mol. The summed E-state index contributed by atoms with van der Waals surface area (Å²) in [6.45, 7) is 4.07. The maximum atomic E-state index is 6.18. The molecule has 0 radical (unpaired) electrons. The van der Waals surface area contributed by atoms with Crippen molar-refractivity contribution < 1.29 is 0 Å². The smallest absolute Gasteiger partial charge is 0.152 e. The number of aromatic nitrogens is 2. The van der Waals surface area contributed by atoms with Crippen LogP contribution in [0.2, 0.25) is 5.15 Å². The van der Waals surface area contributed by atoms with E-state index in [1.807, 2.05) is 24.4 Å². The number of nitrogens with zero attached hydrogens (tertiary/aromatic N) is 3. The van der Waals surface area contributed by atoms with E-state index in [1.54, 1.807) is 6.20 Å². The van der Waals surface area contributed by atoms with Crippen molar-refractivity contribution in [3.63, 3.8) is 0 Å². The summed E-state index contributed by atoms with van der Waals surface area (Å²) in [4.78, 5) is 10.9. The molecule has 1 N–H and O–H groups in total. The highest BCUT2D eigenvalue weighted by Crippen LogP contribution is 2.26. The zero-order valence-corrected chi connectivity index (χ0v) is 12.8. The maximum Gasteiger partial charge on any atom is 0.152 e. The molecule has 21 heavy (non-hydrogen) atoms. The Morgan fingerprint density at radius 1 is 1.14 bits per heavy atom. The average Bonchev–Trinajstić information content (AvgIpc) is 2.53. The van der Waals surface area contributed by atoms with E-state index in [1.165, 1.54) is 0 Å². The summed E-state index contributed by atoms with van der Waals surface area (Å²) in [5.41, 5.74) is 2.11. The first kappa shape index (κ1) is 14.1. The van der Waals surface area contributed by atoms with E-state index < -0.39 is 0 Å². The molecule has 4 nitrogen and oxygen atoms in total. The van der Waals surface area contributed by atoms with E-state index in [0.29, 0.717) is 11.2 Å². The Morgan fingerprint density at radius 3 is 2.62 bits per heavy atom. The first-order valence-electron chi connectivity index (χ1n) is 7.27. The van der Waals surface area contributed by atoms with Gasteiger partial charge in [0.05, 0.1) is 5.69 Å². The van der Waals surface area contributed by atoms with Crippen molar-refractivity contribution in [2.45, 2.75) is 25.8 Å². The molecule has 0 spiro atoms. The van der Waals surface area contributed by atoms with Crippen molar-refractivity contribution in [3.8, 4) is 0 Å². The van der Waals surface area contributed by atoms with Gasteiger partial charge in [-0.15, -0.1) is 0 Å². The first-order valence-corrected chi connectivity index (χ1v) is 7.65. The molecule has 0 bridgehead atoms. The van der Waals surface area contributed by atoms with E-state index in [-0.39, 0.29) is 0 Å². The molecule has 0 unspecified atom stereocenters. The summed E-state index contributed by atoms with van der Waals surface area (Å²) in [6.07, 6.45) is 5.73. The van der Waals surface area contributed by atoms with Crippen LogP contribution in [0.15, 0.2) is 36.7 Å². The summed E-state index contributed by atoms with van der Waals surface area (Å²) in [7, 11) is 0. The minimum absolute atomic E-state index is 0.436. The number of piperidine rings is 1. The Labute approximate surface area is 130 Å². The maximum absolute atomic E-state index is 6.18. The third-order valence-electron chi connectivity index (χ3n) is 3.93. The quantitative estimate of drug-likeness (QED) is 0.881. The third kappa shape index (κ3) is 3.27. The molecule has 1 aliphatic heterocycles. The van der Waals surface area contributed by atoms with Crippen LogP contribution in [0.4, 0.5) is 11.5 Å². The van der Waals surface area contributed by atoms with Crippen LogP contribution in [0.1, 0.15) is 18.4 Å². The number of nitrogens with one attached hydrogen (secondary N) is 1. The van der Waals surface area contributed by atoms with Gasteiger partial charge in [0.1, 0.15) is 5.82 Å². The van der Waals surface area contributed by atoms with Gasteiger partial charge in [0, 0.05) is 31.5 Å². The van der Waals surface area contributed by atoms with E-state index >= 15 is 0 Å². The van der Waals surface area contributed by atoms with Crippen LogP contribution in [0.25, 0.3) is 0 Å². The van der Waals surface area contributed by atoms with Crippen molar-refractivity contribution in [2.24, 2.45) is 0 Å². The molecule has 110 valence electrons. The van der Waals surface area contributed by atoms with Crippen molar-refractivity contribution in [2.75, 3.05) is 23.3 Å². The van der Waals surface area contributed by atoms with Gasteiger partial charge in [-0.3, -0.25) is 0 Å². The fourth-order valence-corrected chi connectivity index (χ4v) is 2.96. The first-order chi connectivity index (χ1) is 10.2. The molecule has 5 heteroatoms. The van der Waals surface area contributed by atoms with Gasteiger partial charge < -0.3 is 10.2 Å². The Kier molecular flexibility index (Phi) is 4.25. The summed E-state index contributed by atoms with van der Waals surface area (Å²) in [5.74, 6) is 1.06. The zero-order chi connectivity index (χ0) is 14.7. The summed E-state index contributed by atoms with van der Waals surface area (Å²) in [5, 5.41) is 4.11. The van der Waals surface area contributed by atoms with Crippen LogP contribution in [0.3, 0.4) is 0 Å². The minimum atomic E-state index is 0.436. The number of hydrogen-bond donors (Lipinski definition) is 1. The molecule has 2 aromatic rings. The van der Waals surface area contributed by atoms with Crippen LogP contribution >= 0.6 is 11.6 Å². The van der Waals surface area contributed by atoms with E-state index in [0.717, 1.165) is 43.0 Å². The SMILES string of the molecule is Cc1ccnc(Cl)c1NC1CCN(c2ccccn2)CC1. The van der Waals surface area contributed by atoms with E-state index in [2.05, 4.69) is 33.2 Å². The summed E-state index contributed by atoms with van der Waals surface area (Å²) >= 11 is 6.18. The number of anilines is 2. The van der Waals surface area contributed by atoms with Gasteiger partial charge in [-0.1, -0.05) is 17.7 Å². The number of rotatable bonds is 3. The normalized spacial score (nSPS) is 16.0. The van der Waals surface area contributed by atoms with Crippen molar-refractivity contribution >= 4 is 23.1 Å². The van der Waals surface area contributed by atoms with E-state index in [9.17, 15) is 0 Å². The van der Waals surface area contributed by atoms with Gasteiger partial charge in [-0.25, -0.2) is 9.97 Å². The largest absolute Gasteiger partial charge is 0.379 e. The second-order valence-electron chi connectivity index (χ2n) is 5.39. The highest BCUT2D eigenvalue weighted by atomic mass is 35.5. The lowest BCUT2D eigenvalue weighted by molar-refractivity contribution is 0.523. The van der Waals surface area contributed by atoms with Crippen molar-refractivity contribution in [1.29, 1.82) is 0 Å². The fraction of sp³-hybridized carbons (Fsp3) is 0.375. The molecule has 3 heterocycles. The highest BCUT2D eigenvalue weighted by Gasteiger charge is 2.21. The Morgan fingerprint density at radius 2 is 1.95 bits per heavy atom. The van der Waals surface area contributed by atoms with Crippen molar-refractivity contribution in [3.05, 3.63) is 47.4 Å². The van der Waals surface area contributed by atoms with Gasteiger partial charge >= 0.3 is 0 Å². The summed E-state index contributed by atoms with van der Waals surface area (Å²) < 4.78 is 0. The van der Waals surface area contributed by atoms with Gasteiger partial charge in [0.25, 0.3) is 0 Å². The molecule has 1 saturated heterocycles. The van der Waals surface area contributed by atoms with Crippen molar-refractivity contribution in [1.82, 2.24) is 9.97 Å². The highest BCUT2D eigenvalue weighted by molar-refractivity contribution is 6.32. The minimum Gasteiger partial charge on any atom is -0.379 e. The molecule has 0 amide bonds. The van der Waals surface area contributed by atoms with Crippen LogP contribution in [0, 0.1) is 6.92 Å². The number of pyridine rings is 2. The number of halogens is 1. The zero-order valence-electron chi connectivity index (χ0n) is 12.1. The molecule has 1 fully saturated rings. The van der Waals surface area contributed by atoms with Crippen LogP contribution < -0.4 is 10.2 Å². The summed E-state index contributed by atoms with van der Waals surface area (Å²) in [6, 6.07) is 8.47. The van der Waals surface area contributed by atoms with Crippen LogP contribution in [-0.4, -0.2) is 29.1 Å². The van der Waals surface area contributed by atoms with E-state index in [4.69, 9.17) is 11.6 Å². The molecule has 1 aliphatic rings. The molecular formula is C16H19ClN4.